The van der Waals surface area contributed by atoms with Gasteiger partial charge in [0, 0.05) is 38.5 Å². The Morgan fingerprint density at radius 1 is 1.35 bits per heavy atom. The molecule has 0 radical (unpaired) electrons. The molecule has 0 aromatic carbocycles. The molecule has 23 heavy (non-hydrogen) atoms. The van der Waals surface area contributed by atoms with Gasteiger partial charge >= 0.3 is 6.09 Å². The standard InChI is InChI=1S/C16H23N3O4/c1-11(2)13-9-12(17-23-13)14(20)19-7-4-5-16(6-8-19)10-18(3)15(21)22-16/h9,11H,4-8,10H2,1-3H3/t16-/m1/s1. The van der Waals surface area contributed by atoms with Gasteiger partial charge in [0.25, 0.3) is 5.91 Å². The van der Waals surface area contributed by atoms with E-state index in [1.54, 1.807) is 22.9 Å². The van der Waals surface area contributed by atoms with Crippen LogP contribution in [0.25, 0.3) is 0 Å². The molecule has 0 N–H and O–H groups in total. The van der Waals surface area contributed by atoms with E-state index in [0.717, 1.165) is 12.8 Å². The summed E-state index contributed by atoms with van der Waals surface area (Å²) < 4.78 is 10.8. The van der Waals surface area contributed by atoms with Gasteiger partial charge in [0.15, 0.2) is 5.69 Å². The fourth-order valence-electron chi connectivity index (χ4n) is 3.25. The number of likely N-dealkylation sites (tertiary alicyclic amines) is 1. The molecular formula is C16H23N3O4. The SMILES string of the molecule is CC(C)c1cc(C(=O)N2CCC[C@@]3(CC2)CN(C)C(=O)O3)no1. The van der Waals surface area contributed by atoms with E-state index in [-0.39, 0.29) is 17.9 Å². The first-order valence-electron chi connectivity index (χ1n) is 8.10. The molecule has 7 nitrogen and oxygen atoms in total. The van der Waals surface area contributed by atoms with Crippen molar-refractivity contribution in [2.45, 2.75) is 44.6 Å². The van der Waals surface area contributed by atoms with Crippen LogP contribution < -0.4 is 0 Å². The van der Waals surface area contributed by atoms with Crippen LogP contribution in [0.2, 0.25) is 0 Å². The number of ether oxygens (including phenoxy) is 1. The van der Waals surface area contributed by atoms with Crippen LogP contribution >= 0.6 is 0 Å². The van der Waals surface area contributed by atoms with E-state index >= 15 is 0 Å². The zero-order chi connectivity index (χ0) is 16.6. The Labute approximate surface area is 135 Å². The van der Waals surface area contributed by atoms with Gasteiger partial charge < -0.3 is 19.1 Å². The Kier molecular flexibility index (Phi) is 4.04. The van der Waals surface area contributed by atoms with Gasteiger partial charge in [-0.15, -0.1) is 0 Å². The summed E-state index contributed by atoms with van der Waals surface area (Å²) >= 11 is 0. The minimum atomic E-state index is -0.451. The molecule has 0 saturated carbocycles. The van der Waals surface area contributed by atoms with Crippen molar-refractivity contribution in [2.24, 2.45) is 0 Å². The Bertz CT molecular complexity index is 612. The molecule has 2 fully saturated rings. The maximum Gasteiger partial charge on any atom is 0.410 e. The van der Waals surface area contributed by atoms with Gasteiger partial charge in [-0.05, 0) is 12.8 Å². The number of carbonyl (C=O) groups excluding carboxylic acids is 2. The summed E-state index contributed by atoms with van der Waals surface area (Å²) in [5.74, 6) is 0.797. The monoisotopic (exact) mass is 321 g/mol. The molecule has 126 valence electrons. The lowest BCUT2D eigenvalue weighted by atomic mass is 9.95. The summed E-state index contributed by atoms with van der Waals surface area (Å²) in [6, 6.07) is 1.72. The largest absolute Gasteiger partial charge is 0.441 e. The zero-order valence-electron chi connectivity index (χ0n) is 13.9. The Morgan fingerprint density at radius 2 is 2.13 bits per heavy atom. The first kappa shape index (κ1) is 15.8. The Morgan fingerprint density at radius 3 is 2.74 bits per heavy atom. The highest BCUT2D eigenvalue weighted by molar-refractivity contribution is 5.92. The van der Waals surface area contributed by atoms with Crippen molar-refractivity contribution in [3.63, 3.8) is 0 Å². The topological polar surface area (TPSA) is 75.9 Å². The van der Waals surface area contributed by atoms with E-state index < -0.39 is 5.60 Å². The van der Waals surface area contributed by atoms with E-state index in [0.29, 0.717) is 37.5 Å². The van der Waals surface area contributed by atoms with Crippen LogP contribution in [-0.2, 0) is 4.74 Å². The summed E-state index contributed by atoms with van der Waals surface area (Å²) in [4.78, 5) is 27.7. The highest BCUT2D eigenvalue weighted by Gasteiger charge is 2.44. The molecule has 0 bridgehead atoms. The predicted octanol–water partition coefficient (Wildman–Crippen LogP) is 2.24. The van der Waals surface area contributed by atoms with Crippen molar-refractivity contribution in [1.82, 2.24) is 15.0 Å². The van der Waals surface area contributed by atoms with Gasteiger partial charge in [-0.3, -0.25) is 4.79 Å². The smallest absolute Gasteiger partial charge is 0.410 e. The number of aromatic nitrogens is 1. The van der Waals surface area contributed by atoms with Crippen molar-refractivity contribution >= 4 is 12.0 Å². The number of likely N-dealkylation sites (N-methyl/N-ethyl adjacent to an activating group) is 1. The number of carbonyl (C=O) groups is 2. The maximum atomic E-state index is 12.6. The molecule has 0 unspecified atom stereocenters. The van der Waals surface area contributed by atoms with E-state index in [2.05, 4.69) is 5.16 Å². The van der Waals surface area contributed by atoms with Crippen molar-refractivity contribution in [3.05, 3.63) is 17.5 Å². The summed E-state index contributed by atoms with van der Waals surface area (Å²) in [5.41, 5.74) is -0.0986. The molecule has 1 atom stereocenters. The number of amides is 2. The Balaban J connectivity index is 1.68. The van der Waals surface area contributed by atoms with E-state index in [1.807, 2.05) is 13.8 Å². The van der Waals surface area contributed by atoms with Gasteiger partial charge in [-0.2, -0.15) is 0 Å². The van der Waals surface area contributed by atoms with Crippen LogP contribution in [0, 0.1) is 0 Å². The summed E-state index contributed by atoms with van der Waals surface area (Å²) in [7, 11) is 1.74. The molecule has 1 aromatic rings. The molecule has 3 rings (SSSR count). The average Bonchev–Trinajstić information content (AvgIpc) is 3.02. The van der Waals surface area contributed by atoms with E-state index in [4.69, 9.17) is 9.26 Å². The van der Waals surface area contributed by atoms with Gasteiger partial charge in [0.1, 0.15) is 11.4 Å². The average molecular weight is 321 g/mol. The quantitative estimate of drug-likeness (QED) is 0.835. The van der Waals surface area contributed by atoms with Crippen LogP contribution in [-0.4, -0.2) is 59.2 Å². The minimum absolute atomic E-state index is 0.115. The summed E-state index contributed by atoms with van der Waals surface area (Å²) in [6.07, 6.45) is 1.97. The lowest BCUT2D eigenvalue weighted by molar-refractivity contribution is 0.0438. The first-order chi connectivity index (χ1) is 10.9. The third kappa shape index (κ3) is 3.04. The number of hydrogen-bond donors (Lipinski definition) is 0. The van der Waals surface area contributed by atoms with Crippen molar-refractivity contribution in [1.29, 1.82) is 0 Å². The molecular weight excluding hydrogens is 298 g/mol. The predicted molar refractivity (Wildman–Crippen MR) is 82.2 cm³/mol. The lowest BCUT2D eigenvalue weighted by Crippen LogP contribution is -2.37. The van der Waals surface area contributed by atoms with Gasteiger partial charge in [0.2, 0.25) is 0 Å². The van der Waals surface area contributed by atoms with Crippen LogP contribution in [0.3, 0.4) is 0 Å². The van der Waals surface area contributed by atoms with E-state index in [1.165, 1.54) is 0 Å². The number of hydrogen-bond acceptors (Lipinski definition) is 5. The Hall–Kier alpha value is -2.05. The molecule has 3 heterocycles. The first-order valence-corrected chi connectivity index (χ1v) is 8.10. The van der Waals surface area contributed by atoms with Crippen molar-refractivity contribution in [2.75, 3.05) is 26.7 Å². The minimum Gasteiger partial charge on any atom is -0.441 e. The second-order valence-electron chi connectivity index (χ2n) is 6.82. The lowest BCUT2D eigenvalue weighted by Gasteiger charge is -2.25. The molecule has 2 saturated heterocycles. The fourth-order valence-corrected chi connectivity index (χ4v) is 3.25. The van der Waals surface area contributed by atoms with Crippen LogP contribution in [0.5, 0.6) is 0 Å². The van der Waals surface area contributed by atoms with Crippen molar-refractivity contribution in [3.8, 4) is 0 Å². The summed E-state index contributed by atoms with van der Waals surface area (Å²) in [5, 5.41) is 3.90. The van der Waals surface area contributed by atoms with Crippen molar-refractivity contribution < 1.29 is 18.8 Å². The second kappa shape index (κ2) is 5.86. The number of nitrogens with zero attached hydrogens (tertiary/aromatic N) is 3. The highest BCUT2D eigenvalue weighted by atomic mass is 16.6. The molecule has 1 aromatic heterocycles. The molecule has 2 aliphatic rings. The molecule has 2 amide bonds. The van der Waals surface area contributed by atoms with Crippen LogP contribution in [0.15, 0.2) is 10.6 Å². The fraction of sp³-hybridized carbons (Fsp3) is 0.688. The van der Waals surface area contributed by atoms with Crippen LogP contribution in [0.4, 0.5) is 4.79 Å². The maximum absolute atomic E-state index is 12.6. The van der Waals surface area contributed by atoms with E-state index in [9.17, 15) is 9.59 Å². The molecule has 7 heteroatoms. The normalized spacial score (nSPS) is 25.1. The third-order valence-corrected chi connectivity index (χ3v) is 4.64. The van der Waals surface area contributed by atoms with Gasteiger partial charge in [0.05, 0.1) is 6.54 Å². The van der Waals surface area contributed by atoms with Crippen LogP contribution in [0.1, 0.15) is 55.3 Å². The second-order valence-corrected chi connectivity index (χ2v) is 6.82. The molecule has 0 aliphatic carbocycles. The van der Waals surface area contributed by atoms with Gasteiger partial charge in [-0.1, -0.05) is 19.0 Å². The van der Waals surface area contributed by atoms with Gasteiger partial charge in [-0.25, -0.2) is 4.79 Å². The highest BCUT2D eigenvalue weighted by Crippen LogP contribution is 2.32. The molecule has 2 aliphatic heterocycles. The number of rotatable bonds is 2. The summed E-state index contributed by atoms with van der Waals surface area (Å²) in [6.45, 7) is 5.79. The zero-order valence-corrected chi connectivity index (χ0v) is 13.9. The third-order valence-electron chi connectivity index (χ3n) is 4.64. The molecule has 1 spiro atoms.